The van der Waals surface area contributed by atoms with Crippen LogP contribution in [0.4, 0.5) is 0 Å². The second kappa shape index (κ2) is 5.06. The van der Waals surface area contributed by atoms with Gasteiger partial charge in [-0.3, -0.25) is 0 Å². The number of carboxylic acid groups (broad SMARTS) is 1. The zero-order chi connectivity index (χ0) is 13.1. The van der Waals surface area contributed by atoms with E-state index in [9.17, 15) is 4.79 Å². The number of carbonyl (C=O) groups is 1. The third-order valence-corrected chi connectivity index (χ3v) is 2.89. The van der Waals surface area contributed by atoms with E-state index in [1.807, 2.05) is 41.9 Å². The van der Waals surface area contributed by atoms with Crippen LogP contribution in [0, 0.1) is 0 Å². The van der Waals surface area contributed by atoms with Crippen molar-refractivity contribution in [1.29, 1.82) is 0 Å². The second-order valence-corrected chi connectivity index (χ2v) is 4.09. The van der Waals surface area contributed by atoms with E-state index in [4.69, 9.17) is 9.84 Å². The minimum atomic E-state index is -0.956. The van der Waals surface area contributed by atoms with Crippen molar-refractivity contribution in [3.05, 3.63) is 41.6 Å². The van der Waals surface area contributed by atoms with Gasteiger partial charge in [-0.2, -0.15) is 0 Å². The van der Waals surface area contributed by atoms with E-state index < -0.39 is 5.97 Å². The molecule has 1 aromatic heterocycles. The van der Waals surface area contributed by atoms with Crippen molar-refractivity contribution in [1.82, 2.24) is 4.57 Å². The lowest BCUT2D eigenvalue weighted by Crippen LogP contribution is -2.07. The molecule has 4 heteroatoms. The molecule has 0 spiro atoms. The van der Waals surface area contributed by atoms with Crippen molar-refractivity contribution < 1.29 is 14.6 Å². The fraction of sp³-hybridized carbons (Fsp3) is 0.214. The number of aliphatic carboxylic acids is 1. The molecule has 0 atom stereocenters. The highest BCUT2D eigenvalue weighted by molar-refractivity contribution is 5.93. The molecule has 0 aliphatic rings. The number of ether oxygens (including phenoxy) is 1. The van der Waals surface area contributed by atoms with Crippen molar-refractivity contribution in [2.75, 3.05) is 13.7 Å². The van der Waals surface area contributed by atoms with Crippen LogP contribution in [0.15, 0.2) is 35.9 Å². The van der Waals surface area contributed by atoms with Gasteiger partial charge in [0.15, 0.2) is 0 Å². The first-order valence-corrected chi connectivity index (χ1v) is 5.60. The van der Waals surface area contributed by atoms with Gasteiger partial charge in [-0.15, -0.1) is 0 Å². The molecule has 18 heavy (non-hydrogen) atoms. The number of benzene rings is 1. The second-order valence-electron chi connectivity index (χ2n) is 4.09. The summed E-state index contributed by atoms with van der Waals surface area (Å²) >= 11 is 0. The summed E-state index contributed by atoms with van der Waals surface area (Å²) in [6.07, 6.45) is 1.64. The number of hydrogen-bond donors (Lipinski definition) is 1. The molecule has 2 aromatic rings. The van der Waals surface area contributed by atoms with Gasteiger partial charge in [0.1, 0.15) is 0 Å². The molecule has 1 heterocycles. The van der Waals surface area contributed by atoms with Crippen LogP contribution in [0.1, 0.15) is 5.69 Å². The molecular formula is C14H15NO3. The van der Waals surface area contributed by atoms with Crippen LogP contribution in [-0.4, -0.2) is 29.4 Å². The minimum absolute atomic E-state index is 0.0941. The Kier molecular flexibility index (Phi) is 3.48. The van der Waals surface area contributed by atoms with Gasteiger partial charge in [-0.05, 0) is 18.2 Å². The lowest BCUT2D eigenvalue weighted by molar-refractivity contribution is -0.133. The highest BCUT2D eigenvalue weighted by Crippen LogP contribution is 2.20. The van der Waals surface area contributed by atoms with Crippen molar-refractivity contribution in [3.63, 3.8) is 0 Å². The van der Waals surface area contributed by atoms with Gasteiger partial charge in [-0.1, -0.05) is 18.2 Å². The van der Waals surface area contributed by atoms with E-state index in [1.54, 1.807) is 6.08 Å². The van der Waals surface area contributed by atoms with Gasteiger partial charge >= 0.3 is 5.97 Å². The Morgan fingerprint density at radius 1 is 1.44 bits per heavy atom. The van der Waals surface area contributed by atoms with Crippen molar-refractivity contribution in [3.8, 4) is 0 Å². The smallest absolute Gasteiger partial charge is 0.334 e. The lowest BCUT2D eigenvalue weighted by Gasteiger charge is -2.03. The number of hydrogen-bond acceptors (Lipinski definition) is 2. The Bertz CT molecular complexity index is 611. The molecule has 0 saturated heterocycles. The van der Waals surface area contributed by atoms with Crippen LogP contribution in [0.2, 0.25) is 0 Å². The molecule has 0 aliphatic heterocycles. The topological polar surface area (TPSA) is 51.5 Å². The Balaban J connectivity index is 2.50. The molecule has 0 unspecified atom stereocenters. The van der Waals surface area contributed by atoms with Crippen molar-refractivity contribution in [2.24, 2.45) is 7.05 Å². The van der Waals surface area contributed by atoms with E-state index in [1.165, 1.54) is 7.11 Å². The largest absolute Gasteiger partial charge is 0.478 e. The molecule has 4 nitrogen and oxygen atoms in total. The number of methoxy groups -OCH3 is 1. The molecule has 0 amide bonds. The number of rotatable bonds is 4. The van der Waals surface area contributed by atoms with Crippen LogP contribution in [0.3, 0.4) is 0 Å². The Morgan fingerprint density at radius 2 is 2.17 bits per heavy atom. The van der Waals surface area contributed by atoms with Crippen LogP contribution in [0.25, 0.3) is 17.0 Å². The normalized spacial score (nSPS) is 12.0. The molecule has 2 rings (SSSR count). The van der Waals surface area contributed by atoms with Crippen LogP contribution < -0.4 is 0 Å². The fourth-order valence-corrected chi connectivity index (χ4v) is 1.95. The van der Waals surface area contributed by atoms with E-state index in [-0.39, 0.29) is 12.2 Å². The summed E-state index contributed by atoms with van der Waals surface area (Å²) in [7, 11) is 3.40. The van der Waals surface area contributed by atoms with Crippen LogP contribution in [0.5, 0.6) is 0 Å². The first kappa shape index (κ1) is 12.4. The highest BCUT2D eigenvalue weighted by atomic mass is 16.5. The fourth-order valence-electron chi connectivity index (χ4n) is 1.95. The summed E-state index contributed by atoms with van der Waals surface area (Å²) in [5, 5.41) is 10.2. The maximum Gasteiger partial charge on any atom is 0.334 e. The van der Waals surface area contributed by atoms with Gasteiger partial charge in [-0.25, -0.2) is 4.79 Å². The molecule has 1 N–H and O–H groups in total. The molecule has 0 aliphatic carbocycles. The van der Waals surface area contributed by atoms with E-state index in [0.717, 1.165) is 16.6 Å². The number of nitrogens with zero attached hydrogens (tertiary/aromatic N) is 1. The van der Waals surface area contributed by atoms with Gasteiger partial charge in [0.25, 0.3) is 0 Å². The van der Waals surface area contributed by atoms with Gasteiger partial charge < -0.3 is 14.4 Å². The lowest BCUT2D eigenvalue weighted by atomic mass is 10.2. The van der Waals surface area contributed by atoms with Crippen LogP contribution in [-0.2, 0) is 16.6 Å². The van der Waals surface area contributed by atoms with Gasteiger partial charge in [0, 0.05) is 30.8 Å². The maximum atomic E-state index is 11.1. The Hall–Kier alpha value is -2.07. The summed E-state index contributed by atoms with van der Waals surface area (Å²) in [4.78, 5) is 11.1. The van der Waals surface area contributed by atoms with Gasteiger partial charge in [0.2, 0.25) is 0 Å². The SMILES string of the molecule is COC/C(=C\c1cc2ccccc2n1C)C(=O)O. The minimum Gasteiger partial charge on any atom is -0.478 e. The molecule has 94 valence electrons. The Morgan fingerprint density at radius 3 is 2.78 bits per heavy atom. The summed E-state index contributed by atoms with van der Waals surface area (Å²) in [5.74, 6) is -0.956. The number of para-hydroxylation sites is 1. The van der Waals surface area contributed by atoms with Crippen molar-refractivity contribution >= 4 is 22.9 Å². The maximum absolute atomic E-state index is 11.1. The van der Waals surface area contributed by atoms with Crippen LogP contribution >= 0.6 is 0 Å². The van der Waals surface area contributed by atoms with E-state index >= 15 is 0 Å². The predicted molar refractivity (Wildman–Crippen MR) is 70.4 cm³/mol. The molecular weight excluding hydrogens is 230 g/mol. The number of aromatic nitrogens is 1. The molecule has 0 fully saturated rings. The zero-order valence-corrected chi connectivity index (χ0v) is 10.4. The number of carboxylic acids is 1. The third-order valence-electron chi connectivity index (χ3n) is 2.89. The predicted octanol–water partition coefficient (Wildman–Crippen LogP) is 2.29. The van der Waals surface area contributed by atoms with Gasteiger partial charge in [0.05, 0.1) is 12.2 Å². The first-order chi connectivity index (χ1) is 8.63. The monoisotopic (exact) mass is 245 g/mol. The standard InChI is InChI=1S/C14H15NO3/c1-15-12(8-11(9-18-2)14(16)17)7-10-5-3-4-6-13(10)15/h3-8H,9H2,1-2H3,(H,16,17)/b11-8+. The summed E-state index contributed by atoms with van der Waals surface area (Å²) < 4.78 is 6.86. The third kappa shape index (κ3) is 2.28. The number of aryl methyl sites for hydroxylation is 1. The summed E-state index contributed by atoms with van der Waals surface area (Å²) in [5.41, 5.74) is 2.17. The quantitative estimate of drug-likeness (QED) is 0.841. The highest BCUT2D eigenvalue weighted by Gasteiger charge is 2.09. The molecule has 0 saturated carbocycles. The average Bonchev–Trinajstić information content (AvgIpc) is 2.66. The molecule has 1 aromatic carbocycles. The number of fused-ring (bicyclic) bond motifs is 1. The zero-order valence-electron chi connectivity index (χ0n) is 10.4. The Labute approximate surface area is 105 Å². The van der Waals surface area contributed by atoms with E-state index in [0.29, 0.717) is 0 Å². The first-order valence-electron chi connectivity index (χ1n) is 5.60. The summed E-state index contributed by atoms with van der Waals surface area (Å²) in [6.45, 7) is 0.0941. The average molecular weight is 245 g/mol. The molecule has 0 bridgehead atoms. The van der Waals surface area contributed by atoms with Crippen molar-refractivity contribution in [2.45, 2.75) is 0 Å². The van der Waals surface area contributed by atoms with E-state index in [2.05, 4.69) is 0 Å². The summed E-state index contributed by atoms with van der Waals surface area (Å²) in [6, 6.07) is 9.90. The molecule has 0 radical (unpaired) electrons.